The molecule has 0 spiro atoms. The molecule has 2 aromatic rings. The van der Waals surface area contributed by atoms with Gasteiger partial charge in [0.25, 0.3) is 5.91 Å². The highest BCUT2D eigenvalue weighted by molar-refractivity contribution is 6.12. The lowest BCUT2D eigenvalue weighted by molar-refractivity contribution is 0.0789. The first kappa shape index (κ1) is 20.3. The van der Waals surface area contributed by atoms with E-state index in [0.29, 0.717) is 30.8 Å². The van der Waals surface area contributed by atoms with Crippen LogP contribution in [0.4, 0.5) is 0 Å². The van der Waals surface area contributed by atoms with Gasteiger partial charge >= 0.3 is 0 Å². The molecule has 1 fully saturated rings. The van der Waals surface area contributed by atoms with Crippen molar-refractivity contribution in [2.75, 3.05) is 13.1 Å². The second-order valence-electron chi connectivity index (χ2n) is 8.99. The van der Waals surface area contributed by atoms with Crippen LogP contribution in [-0.4, -0.2) is 46.4 Å². The molecule has 5 nitrogen and oxygen atoms in total. The van der Waals surface area contributed by atoms with Crippen LogP contribution in [0.15, 0.2) is 48.5 Å². The molecule has 0 bridgehead atoms. The normalized spacial score (nSPS) is 23.7. The summed E-state index contributed by atoms with van der Waals surface area (Å²) in [4.78, 5) is 28.2. The number of fused-ring (bicyclic) bond motifs is 2. The zero-order chi connectivity index (χ0) is 21.5. The van der Waals surface area contributed by atoms with Gasteiger partial charge in [0.15, 0.2) is 5.78 Å². The van der Waals surface area contributed by atoms with E-state index in [2.05, 4.69) is 22.1 Å². The number of carbonyl (C=O) groups is 2. The van der Waals surface area contributed by atoms with Gasteiger partial charge < -0.3 is 10.4 Å². The maximum Gasteiger partial charge on any atom is 0.252 e. The molecule has 2 aliphatic heterocycles. The van der Waals surface area contributed by atoms with Crippen LogP contribution in [0.5, 0.6) is 0 Å². The first-order valence-corrected chi connectivity index (χ1v) is 10.2. The summed E-state index contributed by atoms with van der Waals surface area (Å²) in [5.41, 5.74) is 1.26. The van der Waals surface area contributed by atoms with E-state index in [1.165, 1.54) is 0 Å². The Morgan fingerprint density at radius 2 is 1.80 bits per heavy atom. The van der Waals surface area contributed by atoms with Gasteiger partial charge in [0.05, 0.1) is 17.0 Å². The fourth-order valence-electron chi connectivity index (χ4n) is 4.25. The molecule has 154 valence electrons. The van der Waals surface area contributed by atoms with Crippen molar-refractivity contribution in [1.29, 1.82) is 0 Å². The molecular weight excluding hydrogens is 376 g/mol. The van der Waals surface area contributed by atoms with Gasteiger partial charge in [-0.2, -0.15) is 0 Å². The largest absolute Gasteiger partial charge is 0.378 e. The minimum Gasteiger partial charge on any atom is -0.378 e. The van der Waals surface area contributed by atoms with Gasteiger partial charge in [0.2, 0.25) is 0 Å². The van der Waals surface area contributed by atoms with Crippen molar-refractivity contribution in [3.05, 3.63) is 70.8 Å². The van der Waals surface area contributed by atoms with Crippen LogP contribution in [0.2, 0.25) is 0 Å². The number of amides is 1. The Hall–Kier alpha value is -2.94. The average Bonchev–Trinajstić information content (AvgIpc) is 2.98. The minimum absolute atomic E-state index is 0.0289. The molecule has 1 amide bonds. The summed E-state index contributed by atoms with van der Waals surface area (Å²) in [7, 11) is 0. The fourth-order valence-corrected chi connectivity index (χ4v) is 4.25. The van der Waals surface area contributed by atoms with Gasteiger partial charge in [0.1, 0.15) is 5.60 Å². The third kappa shape index (κ3) is 3.89. The van der Waals surface area contributed by atoms with Crippen LogP contribution in [-0.2, 0) is 6.54 Å². The van der Waals surface area contributed by atoms with E-state index in [1.54, 1.807) is 32.0 Å². The summed E-state index contributed by atoms with van der Waals surface area (Å²) in [5.74, 6) is 5.64. The maximum atomic E-state index is 13.3. The molecule has 2 N–H and O–H groups in total. The van der Waals surface area contributed by atoms with Crippen LogP contribution in [0.3, 0.4) is 0 Å². The summed E-state index contributed by atoms with van der Waals surface area (Å²) in [6, 6.07) is 14.7. The summed E-state index contributed by atoms with van der Waals surface area (Å²) in [6.07, 6.45) is 0. The Morgan fingerprint density at radius 3 is 2.47 bits per heavy atom. The van der Waals surface area contributed by atoms with E-state index in [4.69, 9.17) is 0 Å². The number of hydrogen-bond acceptors (Lipinski definition) is 4. The average molecular weight is 402 g/mol. The zero-order valence-electron chi connectivity index (χ0n) is 17.5. The monoisotopic (exact) mass is 402 g/mol. The van der Waals surface area contributed by atoms with Crippen LogP contribution in [0, 0.1) is 17.3 Å². The number of nitrogens with zero attached hydrogens (tertiary/aromatic N) is 1. The third-order valence-electron chi connectivity index (χ3n) is 5.88. The smallest absolute Gasteiger partial charge is 0.252 e. The highest BCUT2D eigenvalue weighted by Gasteiger charge is 2.51. The number of nitrogens with one attached hydrogen (secondary N) is 1. The quantitative estimate of drug-likeness (QED) is 0.758. The predicted molar refractivity (Wildman–Crippen MR) is 115 cm³/mol. The Morgan fingerprint density at radius 1 is 1.13 bits per heavy atom. The molecule has 2 heterocycles. The minimum atomic E-state index is -1.02. The van der Waals surface area contributed by atoms with Crippen LogP contribution in [0.25, 0.3) is 0 Å². The van der Waals surface area contributed by atoms with Crippen molar-refractivity contribution >= 4 is 11.7 Å². The number of Topliss-reactive ketones (excluding diaryl/α,β-unsaturated/α-hetero) is 1. The predicted octanol–water partition coefficient (Wildman–Crippen LogP) is 2.63. The Bertz CT molecular complexity index is 1060. The Balaban J connectivity index is 1.51. The SMILES string of the molecule is CC(C)(O)C#Cc1ccc(CN2C[C@H]3NC(=O)c4ccccc4C(=O)[C@@]3(C)C2)cc1. The number of likely N-dealkylation sites (tertiary alicyclic amines) is 1. The van der Waals surface area contributed by atoms with E-state index in [0.717, 1.165) is 11.1 Å². The van der Waals surface area contributed by atoms with Crippen molar-refractivity contribution in [2.45, 2.75) is 39.0 Å². The highest BCUT2D eigenvalue weighted by Crippen LogP contribution is 2.37. The Kier molecular flexibility index (Phi) is 5.01. The van der Waals surface area contributed by atoms with Gasteiger partial charge in [-0.05, 0) is 44.5 Å². The molecule has 1 saturated heterocycles. The standard InChI is InChI=1S/C25H26N2O3/c1-24(2,30)13-12-17-8-10-18(11-9-17)14-27-15-21-25(3,16-27)22(28)19-6-4-5-7-20(19)23(29)26-21/h4-11,21,30H,14-16H2,1-3H3,(H,26,29)/t21-,25+/m1/s1. The first-order valence-electron chi connectivity index (χ1n) is 10.2. The van der Waals surface area contributed by atoms with Crippen molar-refractivity contribution in [3.8, 4) is 11.8 Å². The molecule has 2 atom stereocenters. The molecule has 0 aliphatic carbocycles. The second-order valence-corrected chi connectivity index (χ2v) is 8.99. The fraction of sp³-hybridized carbons (Fsp3) is 0.360. The van der Waals surface area contributed by atoms with Crippen molar-refractivity contribution in [1.82, 2.24) is 10.2 Å². The lowest BCUT2D eigenvalue weighted by Crippen LogP contribution is -2.47. The van der Waals surface area contributed by atoms with Crippen molar-refractivity contribution in [3.63, 3.8) is 0 Å². The molecule has 2 aromatic carbocycles. The van der Waals surface area contributed by atoms with Crippen molar-refractivity contribution in [2.24, 2.45) is 5.41 Å². The van der Waals surface area contributed by atoms with Gasteiger partial charge in [-0.1, -0.05) is 42.2 Å². The van der Waals surface area contributed by atoms with E-state index < -0.39 is 11.0 Å². The van der Waals surface area contributed by atoms with Gasteiger partial charge in [0, 0.05) is 30.8 Å². The van der Waals surface area contributed by atoms with Crippen molar-refractivity contribution < 1.29 is 14.7 Å². The first-order chi connectivity index (χ1) is 14.2. The molecule has 2 aliphatic rings. The summed E-state index contributed by atoms with van der Waals surface area (Å²) >= 11 is 0. The summed E-state index contributed by atoms with van der Waals surface area (Å²) in [5, 5.41) is 12.8. The van der Waals surface area contributed by atoms with E-state index >= 15 is 0 Å². The molecule has 0 aromatic heterocycles. The number of ketones is 1. The topological polar surface area (TPSA) is 69.6 Å². The number of aliphatic hydroxyl groups is 1. The van der Waals surface area contributed by atoms with E-state index in [-0.39, 0.29) is 17.7 Å². The second kappa shape index (κ2) is 7.39. The molecule has 0 saturated carbocycles. The lowest BCUT2D eigenvalue weighted by Gasteiger charge is -2.27. The highest BCUT2D eigenvalue weighted by atomic mass is 16.3. The molecule has 0 radical (unpaired) electrons. The van der Waals surface area contributed by atoms with Gasteiger partial charge in [-0.25, -0.2) is 0 Å². The maximum absolute atomic E-state index is 13.3. The number of rotatable bonds is 2. The molecule has 0 unspecified atom stereocenters. The lowest BCUT2D eigenvalue weighted by atomic mass is 9.78. The van der Waals surface area contributed by atoms with Crippen LogP contribution >= 0.6 is 0 Å². The Labute approximate surface area is 177 Å². The van der Waals surface area contributed by atoms with Gasteiger partial charge in [-0.15, -0.1) is 0 Å². The zero-order valence-corrected chi connectivity index (χ0v) is 17.5. The van der Waals surface area contributed by atoms with Gasteiger partial charge in [-0.3, -0.25) is 14.5 Å². The van der Waals surface area contributed by atoms with E-state index in [9.17, 15) is 14.7 Å². The summed E-state index contributed by atoms with van der Waals surface area (Å²) in [6.45, 7) is 7.17. The van der Waals surface area contributed by atoms with Crippen LogP contribution in [0.1, 0.15) is 52.6 Å². The summed E-state index contributed by atoms with van der Waals surface area (Å²) < 4.78 is 0. The number of carbonyl (C=O) groups excluding carboxylic acids is 2. The third-order valence-corrected chi connectivity index (χ3v) is 5.88. The molecular formula is C25H26N2O3. The number of benzene rings is 2. The number of hydrogen-bond donors (Lipinski definition) is 2. The van der Waals surface area contributed by atoms with Crippen LogP contribution < -0.4 is 5.32 Å². The molecule has 4 rings (SSSR count). The molecule has 30 heavy (non-hydrogen) atoms. The van der Waals surface area contributed by atoms with E-state index in [1.807, 2.05) is 37.3 Å². The molecule has 5 heteroatoms.